The second-order valence-electron chi connectivity index (χ2n) is 9.30. The van der Waals surface area contributed by atoms with Gasteiger partial charge in [-0.2, -0.15) is 10.1 Å². The smallest absolute Gasteiger partial charge is 0.272 e. The van der Waals surface area contributed by atoms with Crippen molar-refractivity contribution in [2.75, 3.05) is 31.1 Å². The minimum atomic E-state index is -0.424. The minimum Gasteiger partial charge on any atom is -0.337 e. The first kappa shape index (κ1) is 23.0. The normalized spacial score (nSPS) is 15.0. The molecule has 0 saturated carbocycles. The number of benzene rings is 1. The molecule has 1 saturated heterocycles. The van der Waals surface area contributed by atoms with Crippen molar-refractivity contribution >= 4 is 33.9 Å². The molecule has 0 spiro atoms. The molecule has 37 heavy (non-hydrogen) atoms. The van der Waals surface area contributed by atoms with Gasteiger partial charge in [0.2, 0.25) is 11.9 Å². The number of nitrogens with zero attached hydrogens (tertiary/aromatic N) is 10. The summed E-state index contributed by atoms with van der Waals surface area (Å²) in [6, 6.07) is 11.3. The number of amides is 1. The molecule has 1 aliphatic rings. The zero-order valence-corrected chi connectivity index (χ0v) is 21.1. The summed E-state index contributed by atoms with van der Waals surface area (Å²) in [6.07, 6.45) is 4.10. The van der Waals surface area contributed by atoms with Gasteiger partial charge < -0.3 is 14.4 Å². The standard InChI is InChI=1S/C26H28N10O/c1-4-20(24(37)33-12-14-34(15-13-33)25-27-10-7-11-28-25)35-21-9-6-5-8-19(21)22-23(35)29-26(31-30-22)36-18(3)16-17(2)32-36/h5-11,16,20H,4,12-15H2,1-3H3/t20-/m1/s1. The molecule has 5 heterocycles. The number of piperazine rings is 1. The lowest BCUT2D eigenvalue weighted by Crippen LogP contribution is -2.51. The lowest BCUT2D eigenvalue weighted by molar-refractivity contribution is -0.135. The largest absolute Gasteiger partial charge is 0.337 e. The third-order valence-corrected chi connectivity index (χ3v) is 6.91. The van der Waals surface area contributed by atoms with Crippen LogP contribution in [0.25, 0.3) is 28.0 Å². The zero-order chi connectivity index (χ0) is 25.5. The van der Waals surface area contributed by atoms with Crippen LogP contribution in [-0.4, -0.2) is 76.5 Å². The predicted octanol–water partition coefficient (Wildman–Crippen LogP) is 2.87. The second-order valence-corrected chi connectivity index (χ2v) is 9.30. The van der Waals surface area contributed by atoms with E-state index >= 15 is 0 Å². The predicted molar refractivity (Wildman–Crippen MR) is 140 cm³/mol. The molecule has 0 aliphatic carbocycles. The van der Waals surface area contributed by atoms with Crippen LogP contribution in [0.2, 0.25) is 0 Å². The van der Waals surface area contributed by atoms with Crippen molar-refractivity contribution in [3.8, 4) is 5.95 Å². The molecule has 1 aromatic carbocycles. The number of aryl methyl sites for hydroxylation is 2. The van der Waals surface area contributed by atoms with Gasteiger partial charge in [0, 0.05) is 49.7 Å². The van der Waals surface area contributed by atoms with Gasteiger partial charge in [0.15, 0.2) is 5.65 Å². The summed E-state index contributed by atoms with van der Waals surface area (Å²) >= 11 is 0. The molecular formula is C26H28N10O. The number of hydrogen-bond donors (Lipinski definition) is 0. The number of para-hydroxylation sites is 1. The highest BCUT2D eigenvalue weighted by molar-refractivity contribution is 6.05. The maximum absolute atomic E-state index is 13.9. The Morgan fingerprint density at radius 1 is 0.973 bits per heavy atom. The van der Waals surface area contributed by atoms with E-state index in [2.05, 4.69) is 30.2 Å². The van der Waals surface area contributed by atoms with Crippen LogP contribution in [0.5, 0.6) is 0 Å². The van der Waals surface area contributed by atoms with E-state index in [0.29, 0.717) is 55.7 Å². The molecule has 1 fully saturated rings. The summed E-state index contributed by atoms with van der Waals surface area (Å²) in [5.74, 6) is 1.16. The molecule has 1 aliphatic heterocycles. The summed E-state index contributed by atoms with van der Waals surface area (Å²) in [7, 11) is 0. The molecule has 0 radical (unpaired) electrons. The van der Waals surface area contributed by atoms with Crippen LogP contribution in [0.3, 0.4) is 0 Å². The first-order valence-corrected chi connectivity index (χ1v) is 12.5. The van der Waals surface area contributed by atoms with Crippen LogP contribution in [0.1, 0.15) is 30.8 Å². The summed E-state index contributed by atoms with van der Waals surface area (Å²) in [5.41, 5.74) is 4.03. The van der Waals surface area contributed by atoms with Gasteiger partial charge in [0.05, 0.1) is 11.2 Å². The molecule has 1 atom stereocenters. The van der Waals surface area contributed by atoms with E-state index in [4.69, 9.17) is 4.98 Å². The topological polar surface area (TPSA) is 111 Å². The fourth-order valence-electron chi connectivity index (χ4n) is 5.15. The summed E-state index contributed by atoms with van der Waals surface area (Å²) in [5, 5.41) is 14.4. The molecule has 1 amide bonds. The van der Waals surface area contributed by atoms with E-state index in [9.17, 15) is 4.79 Å². The van der Waals surface area contributed by atoms with E-state index in [0.717, 1.165) is 22.3 Å². The van der Waals surface area contributed by atoms with Crippen molar-refractivity contribution in [1.82, 2.24) is 44.4 Å². The van der Waals surface area contributed by atoms with E-state index < -0.39 is 6.04 Å². The Labute approximate surface area is 213 Å². The van der Waals surface area contributed by atoms with Gasteiger partial charge in [-0.1, -0.05) is 25.1 Å². The molecule has 0 N–H and O–H groups in total. The molecule has 4 aromatic heterocycles. The molecule has 188 valence electrons. The molecule has 11 nitrogen and oxygen atoms in total. The number of aromatic nitrogens is 8. The maximum atomic E-state index is 13.9. The van der Waals surface area contributed by atoms with Gasteiger partial charge in [0.25, 0.3) is 5.95 Å². The fraction of sp³-hybridized carbons (Fsp3) is 0.346. The Morgan fingerprint density at radius 3 is 2.43 bits per heavy atom. The third-order valence-electron chi connectivity index (χ3n) is 6.91. The van der Waals surface area contributed by atoms with Crippen molar-refractivity contribution in [2.24, 2.45) is 0 Å². The SMILES string of the molecule is CC[C@H](C(=O)N1CCN(c2ncccn2)CC1)n1c2ccccc2c2nnc(-n3nc(C)cc3C)nc21. The summed E-state index contributed by atoms with van der Waals surface area (Å²) in [6.45, 7) is 8.51. The molecule has 11 heteroatoms. The minimum absolute atomic E-state index is 0.0741. The van der Waals surface area contributed by atoms with Crippen LogP contribution < -0.4 is 4.90 Å². The highest BCUT2D eigenvalue weighted by Crippen LogP contribution is 2.32. The van der Waals surface area contributed by atoms with E-state index in [1.165, 1.54) is 0 Å². The third kappa shape index (κ3) is 3.96. The van der Waals surface area contributed by atoms with Crippen LogP contribution in [0.15, 0.2) is 48.8 Å². The number of rotatable bonds is 5. The van der Waals surface area contributed by atoms with Crippen LogP contribution in [0.4, 0.5) is 5.95 Å². The van der Waals surface area contributed by atoms with Crippen molar-refractivity contribution in [2.45, 2.75) is 33.2 Å². The summed E-state index contributed by atoms with van der Waals surface area (Å²) < 4.78 is 3.72. The van der Waals surface area contributed by atoms with Crippen molar-refractivity contribution in [3.63, 3.8) is 0 Å². The van der Waals surface area contributed by atoms with Gasteiger partial charge in [-0.05, 0) is 38.5 Å². The van der Waals surface area contributed by atoms with Crippen LogP contribution in [0, 0.1) is 13.8 Å². The van der Waals surface area contributed by atoms with Crippen molar-refractivity contribution in [3.05, 3.63) is 60.2 Å². The number of hydrogen-bond acceptors (Lipinski definition) is 8. The fourth-order valence-corrected chi connectivity index (χ4v) is 5.15. The average Bonchev–Trinajstić information content (AvgIpc) is 3.45. The molecule has 5 aromatic rings. The number of carbonyl (C=O) groups excluding carboxylic acids is 1. The van der Waals surface area contributed by atoms with E-state index in [1.807, 2.05) is 60.6 Å². The lowest BCUT2D eigenvalue weighted by Gasteiger charge is -2.36. The quantitative estimate of drug-likeness (QED) is 0.365. The molecule has 0 bridgehead atoms. The number of anilines is 1. The molecule has 6 rings (SSSR count). The van der Waals surface area contributed by atoms with Crippen LogP contribution in [-0.2, 0) is 4.79 Å². The first-order valence-electron chi connectivity index (χ1n) is 12.5. The maximum Gasteiger partial charge on any atom is 0.272 e. The Kier molecular flexibility index (Phi) is 5.74. The molecule has 0 unspecified atom stereocenters. The van der Waals surface area contributed by atoms with Crippen LogP contribution >= 0.6 is 0 Å². The zero-order valence-electron chi connectivity index (χ0n) is 21.1. The highest BCUT2D eigenvalue weighted by atomic mass is 16.2. The van der Waals surface area contributed by atoms with Crippen molar-refractivity contribution < 1.29 is 4.79 Å². The number of carbonyl (C=O) groups is 1. The number of fused-ring (bicyclic) bond motifs is 3. The summed E-state index contributed by atoms with van der Waals surface area (Å²) in [4.78, 5) is 31.6. The lowest BCUT2D eigenvalue weighted by atomic mass is 10.1. The van der Waals surface area contributed by atoms with E-state index in [1.54, 1.807) is 23.1 Å². The monoisotopic (exact) mass is 496 g/mol. The Balaban J connectivity index is 1.38. The van der Waals surface area contributed by atoms with Gasteiger partial charge >= 0.3 is 0 Å². The average molecular weight is 497 g/mol. The Hall–Kier alpha value is -4.41. The van der Waals surface area contributed by atoms with Crippen molar-refractivity contribution in [1.29, 1.82) is 0 Å². The Morgan fingerprint density at radius 2 is 1.73 bits per heavy atom. The Bertz CT molecular complexity index is 1580. The van der Waals surface area contributed by atoms with Gasteiger partial charge in [-0.3, -0.25) is 4.79 Å². The van der Waals surface area contributed by atoms with E-state index in [-0.39, 0.29) is 5.91 Å². The second kappa shape index (κ2) is 9.23. The van der Waals surface area contributed by atoms with Gasteiger partial charge in [-0.15, -0.1) is 10.2 Å². The highest BCUT2D eigenvalue weighted by Gasteiger charge is 2.31. The first-order chi connectivity index (χ1) is 18.0. The van der Waals surface area contributed by atoms with Gasteiger partial charge in [-0.25, -0.2) is 14.6 Å². The molecular weight excluding hydrogens is 468 g/mol. The van der Waals surface area contributed by atoms with Gasteiger partial charge in [0.1, 0.15) is 11.6 Å².